The van der Waals surface area contributed by atoms with E-state index < -0.39 is 0 Å². The predicted octanol–water partition coefficient (Wildman–Crippen LogP) is 3.07. The van der Waals surface area contributed by atoms with E-state index in [1.807, 2.05) is 0 Å². The zero-order chi connectivity index (χ0) is 18.1. The lowest BCUT2D eigenvalue weighted by Crippen LogP contribution is -2.40. The molecule has 1 fully saturated rings. The number of nitrogens with zero attached hydrogens (tertiary/aromatic N) is 4. The SMILES string of the molecule is CCNC(=NCCCc1nc(C(C)C)no1)N(C)CCOCC1CC1.I. The molecule has 26 heavy (non-hydrogen) atoms. The van der Waals surface area contributed by atoms with Crippen LogP contribution in [-0.4, -0.2) is 60.9 Å². The third-order valence-corrected chi connectivity index (χ3v) is 4.13. The van der Waals surface area contributed by atoms with Crippen LogP contribution in [0.25, 0.3) is 0 Å². The number of likely N-dealkylation sites (N-methyl/N-ethyl adjacent to an activating group) is 1. The van der Waals surface area contributed by atoms with Gasteiger partial charge in [-0.15, -0.1) is 24.0 Å². The van der Waals surface area contributed by atoms with E-state index in [9.17, 15) is 0 Å². The number of aryl methyl sites for hydroxylation is 1. The normalized spacial score (nSPS) is 14.4. The maximum Gasteiger partial charge on any atom is 0.226 e. The number of halogens is 1. The third-order valence-electron chi connectivity index (χ3n) is 4.13. The van der Waals surface area contributed by atoms with Crippen LogP contribution in [0.3, 0.4) is 0 Å². The van der Waals surface area contributed by atoms with Crippen LogP contribution in [0.5, 0.6) is 0 Å². The van der Waals surface area contributed by atoms with E-state index in [2.05, 4.69) is 53.2 Å². The lowest BCUT2D eigenvalue weighted by Gasteiger charge is -2.22. The fourth-order valence-electron chi connectivity index (χ4n) is 2.33. The molecule has 0 saturated heterocycles. The molecule has 2 rings (SSSR count). The molecule has 1 aromatic heterocycles. The number of aromatic nitrogens is 2. The van der Waals surface area contributed by atoms with Gasteiger partial charge in [0, 0.05) is 45.6 Å². The number of rotatable bonds is 11. The lowest BCUT2D eigenvalue weighted by molar-refractivity contribution is 0.115. The van der Waals surface area contributed by atoms with Crippen molar-refractivity contribution in [3.8, 4) is 0 Å². The van der Waals surface area contributed by atoms with E-state index in [0.29, 0.717) is 11.8 Å². The average Bonchev–Trinajstić information content (AvgIpc) is 3.29. The van der Waals surface area contributed by atoms with Crippen LogP contribution >= 0.6 is 24.0 Å². The smallest absolute Gasteiger partial charge is 0.226 e. The van der Waals surface area contributed by atoms with Gasteiger partial charge in [0.05, 0.1) is 6.61 Å². The highest BCUT2D eigenvalue weighted by atomic mass is 127. The van der Waals surface area contributed by atoms with Gasteiger partial charge >= 0.3 is 0 Å². The number of nitrogens with one attached hydrogen (secondary N) is 1. The highest BCUT2D eigenvalue weighted by molar-refractivity contribution is 14.0. The monoisotopic (exact) mass is 479 g/mol. The molecular weight excluding hydrogens is 445 g/mol. The van der Waals surface area contributed by atoms with E-state index in [1.54, 1.807) is 0 Å². The Bertz CT molecular complexity index is 531. The molecule has 0 aromatic carbocycles. The third kappa shape index (κ3) is 8.66. The van der Waals surface area contributed by atoms with Gasteiger partial charge in [0.2, 0.25) is 5.89 Å². The summed E-state index contributed by atoms with van der Waals surface area (Å²) in [5.74, 6) is 3.51. The molecule has 0 aliphatic heterocycles. The van der Waals surface area contributed by atoms with Crippen molar-refractivity contribution in [3.63, 3.8) is 0 Å². The van der Waals surface area contributed by atoms with Crippen LogP contribution in [0.1, 0.15) is 57.7 Å². The molecular formula is C18H34IN5O2. The highest BCUT2D eigenvalue weighted by Crippen LogP contribution is 2.28. The van der Waals surface area contributed by atoms with E-state index in [4.69, 9.17) is 9.26 Å². The van der Waals surface area contributed by atoms with Crippen molar-refractivity contribution in [1.29, 1.82) is 0 Å². The first-order valence-electron chi connectivity index (χ1n) is 9.49. The van der Waals surface area contributed by atoms with Gasteiger partial charge in [-0.25, -0.2) is 0 Å². The van der Waals surface area contributed by atoms with Crippen LogP contribution in [0, 0.1) is 5.92 Å². The minimum atomic E-state index is 0. The molecule has 7 nitrogen and oxygen atoms in total. The first-order chi connectivity index (χ1) is 12.1. The van der Waals surface area contributed by atoms with Gasteiger partial charge in [-0.3, -0.25) is 4.99 Å². The lowest BCUT2D eigenvalue weighted by atomic mass is 10.2. The Hall–Kier alpha value is -0.900. The number of ether oxygens (including phenoxy) is 1. The second-order valence-corrected chi connectivity index (χ2v) is 6.98. The first kappa shape index (κ1) is 23.1. The molecule has 1 saturated carbocycles. The number of hydrogen-bond acceptors (Lipinski definition) is 5. The van der Waals surface area contributed by atoms with Gasteiger partial charge in [0.25, 0.3) is 0 Å². The van der Waals surface area contributed by atoms with Gasteiger partial charge in [-0.1, -0.05) is 19.0 Å². The van der Waals surface area contributed by atoms with Crippen LogP contribution in [0.15, 0.2) is 9.52 Å². The molecule has 1 aromatic rings. The Labute approximate surface area is 174 Å². The standard InChI is InChI=1S/C18H33N5O2.HI/c1-5-19-18(23(4)11-12-24-13-15-8-9-15)20-10-6-7-16-21-17(14(2)3)22-25-16;/h14-15H,5-13H2,1-4H3,(H,19,20);1H. The molecule has 8 heteroatoms. The fourth-order valence-corrected chi connectivity index (χ4v) is 2.33. The largest absolute Gasteiger partial charge is 0.379 e. The van der Waals surface area contributed by atoms with Crippen molar-refractivity contribution in [2.45, 2.75) is 52.4 Å². The molecule has 1 aliphatic rings. The fraction of sp³-hybridized carbons (Fsp3) is 0.833. The number of guanidine groups is 1. The average molecular weight is 479 g/mol. The Kier molecular flexibility index (Phi) is 11.1. The second-order valence-electron chi connectivity index (χ2n) is 6.98. The maximum absolute atomic E-state index is 5.71. The quantitative estimate of drug-likeness (QED) is 0.228. The van der Waals surface area contributed by atoms with Crippen molar-refractivity contribution in [3.05, 3.63) is 11.7 Å². The Balaban J connectivity index is 0.00000338. The summed E-state index contributed by atoms with van der Waals surface area (Å²) in [6.45, 7) is 10.3. The van der Waals surface area contributed by atoms with E-state index in [0.717, 1.165) is 63.4 Å². The minimum absolute atomic E-state index is 0. The Morgan fingerprint density at radius 1 is 1.42 bits per heavy atom. The van der Waals surface area contributed by atoms with Crippen molar-refractivity contribution >= 4 is 29.9 Å². The van der Waals surface area contributed by atoms with E-state index >= 15 is 0 Å². The van der Waals surface area contributed by atoms with E-state index in [-0.39, 0.29) is 24.0 Å². The van der Waals surface area contributed by atoms with Crippen molar-refractivity contribution < 1.29 is 9.26 Å². The van der Waals surface area contributed by atoms with Crippen molar-refractivity contribution in [1.82, 2.24) is 20.4 Å². The van der Waals surface area contributed by atoms with Gasteiger partial charge in [0.1, 0.15) is 0 Å². The summed E-state index contributed by atoms with van der Waals surface area (Å²) in [4.78, 5) is 11.2. The summed E-state index contributed by atoms with van der Waals surface area (Å²) in [6.07, 6.45) is 4.31. The van der Waals surface area contributed by atoms with Crippen LogP contribution in [0.4, 0.5) is 0 Å². The Morgan fingerprint density at radius 2 is 2.19 bits per heavy atom. The number of aliphatic imine (C=N–C) groups is 1. The topological polar surface area (TPSA) is 75.8 Å². The summed E-state index contributed by atoms with van der Waals surface area (Å²) < 4.78 is 11.0. The van der Waals surface area contributed by atoms with Crippen molar-refractivity contribution in [2.24, 2.45) is 10.9 Å². The predicted molar refractivity (Wildman–Crippen MR) is 114 cm³/mol. The summed E-state index contributed by atoms with van der Waals surface area (Å²) in [5, 5.41) is 7.32. The summed E-state index contributed by atoms with van der Waals surface area (Å²) in [6, 6.07) is 0. The molecule has 0 amide bonds. The zero-order valence-electron chi connectivity index (χ0n) is 16.5. The van der Waals surface area contributed by atoms with Crippen molar-refractivity contribution in [2.75, 3.05) is 39.9 Å². The van der Waals surface area contributed by atoms with E-state index in [1.165, 1.54) is 12.8 Å². The number of hydrogen-bond donors (Lipinski definition) is 1. The van der Waals surface area contributed by atoms with Crippen LogP contribution < -0.4 is 5.32 Å². The summed E-state index contributed by atoms with van der Waals surface area (Å²) in [7, 11) is 2.05. The zero-order valence-corrected chi connectivity index (χ0v) is 18.9. The van der Waals surface area contributed by atoms with Gasteiger partial charge < -0.3 is 19.5 Å². The van der Waals surface area contributed by atoms with Gasteiger partial charge in [-0.2, -0.15) is 4.98 Å². The molecule has 0 unspecified atom stereocenters. The van der Waals surface area contributed by atoms with Gasteiger partial charge in [0.15, 0.2) is 11.8 Å². The summed E-state index contributed by atoms with van der Waals surface area (Å²) in [5.41, 5.74) is 0. The molecule has 0 spiro atoms. The van der Waals surface area contributed by atoms with Crippen LogP contribution in [-0.2, 0) is 11.2 Å². The minimum Gasteiger partial charge on any atom is -0.379 e. The molecule has 1 heterocycles. The molecule has 0 bridgehead atoms. The molecule has 0 radical (unpaired) electrons. The molecule has 1 aliphatic carbocycles. The highest BCUT2D eigenvalue weighted by Gasteiger charge is 2.21. The molecule has 150 valence electrons. The molecule has 1 N–H and O–H groups in total. The summed E-state index contributed by atoms with van der Waals surface area (Å²) >= 11 is 0. The van der Waals surface area contributed by atoms with Crippen LogP contribution in [0.2, 0.25) is 0 Å². The second kappa shape index (κ2) is 12.5. The van der Waals surface area contributed by atoms with Gasteiger partial charge in [-0.05, 0) is 32.1 Å². The first-order valence-corrected chi connectivity index (χ1v) is 9.49. The Morgan fingerprint density at radius 3 is 2.81 bits per heavy atom. The molecule has 0 atom stereocenters. The maximum atomic E-state index is 5.71.